The van der Waals surface area contributed by atoms with Crippen molar-refractivity contribution in [2.75, 3.05) is 15.9 Å². The summed E-state index contributed by atoms with van der Waals surface area (Å²) in [5, 5.41) is 2.90. The summed E-state index contributed by atoms with van der Waals surface area (Å²) in [7, 11) is -3.66. The Morgan fingerprint density at radius 2 is 1.48 bits per heavy atom. The number of para-hydroxylation sites is 1. The van der Waals surface area contributed by atoms with Crippen LogP contribution in [-0.2, 0) is 14.8 Å². The normalized spacial score (nSPS) is 12.2. The van der Waals surface area contributed by atoms with Gasteiger partial charge in [0.1, 0.15) is 6.04 Å². The van der Waals surface area contributed by atoms with E-state index in [0.29, 0.717) is 11.4 Å². The molecule has 0 spiro atoms. The molecule has 3 aromatic rings. The number of carbonyl (C=O) groups excluding carboxylic acids is 1. The van der Waals surface area contributed by atoms with Crippen LogP contribution >= 0.6 is 0 Å². The molecule has 0 aliphatic carbocycles. The van der Waals surface area contributed by atoms with E-state index in [2.05, 4.69) is 5.32 Å². The largest absolute Gasteiger partial charge is 0.324 e. The monoisotopic (exact) mass is 408 g/mol. The van der Waals surface area contributed by atoms with E-state index < -0.39 is 22.0 Å². The topological polar surface area (TPSA) is 66.5 Å². The molecule has 0 aliphatic heterocycles. The maximum atomic E-state index is 13.0. The van der Waals surface area contributed by atoms with E-state index in [4.69, 9.17) is 0 Å². The molecule has 1 N–H and O–H groups in total. The molecule has 0 radical (unpaired) electrons. The minimum atomic E-state index is -3.66. The van der Waals surface area contributed by atoms with Crippen molar-refractivity contribution in [3.8, 4) is 11.1 Å². The standard InChI is InChI=1S/C23H24N2O3S/c1-17-13-15-20(16-14-17)25(29(3,27)28)18(2)23(26)24-22-12-8-7-11-21(22)19-9-5-4-6-10-19/h4-16,18H,1-3H3,(H,24,26). The van der Waals surface area contributed by atoms with Crippen LogP contribution in [0.3, 0.4) is 0 Å². The number of benzene rings is 3. The van der Waals surface area contributed by atoms with Crippen LogP contribution in [0.15, 0.2) is 78.9 Å². The minimum Gasteiger partial charge on any atom is -0.324 e. The summed E-state index contributed by atoms with van der Waals surface area (Å²) in [4.78, 5) is 13.0. The van der Waals surface area contributed by atoms with Gasteiger partial charge < -0.3 is 5.32 Å². The van der Waals surface area contributed by atoms with E-state index in [1.54, 1.807) is 19.1 Å². The third-order valence-electron chi connectivity index (χ3n) is 4.65. The highest BCUT2D eigenvalue weighted by molar-refractivity contribution is 7.92. The van der Waals surface area contributed by atoms with Crippen LogP contribution in [0, 0.1) is 6.92 Å². The number of nitrogens with zero attached hydrogens (tertiary/aromatic N) is 1. The van der Waals surface area contributed by atoms with Crippen molar-refractivity contribution in [2.24, 2.45) is 0 Å². The van der Waals surface area contributed by atoms with Gasteiger partial charge in [0.15, 0.2) is 0 Å². The van der Waals surface area contributed by atoms with Crippen molar-refractivity contribution >= 4 is 27.3 Å². The fourth-order valence-corrected chi connectivity index (χ4v) is 4.37. The molecule has 0 heterocycles. The van der Waals surface area contributed by atoms with Gasteiger partial charge in [0, 0.05) is 11.3 Å². The molecule has 0 aromatic heterocycles. The number of carbonyl (C=O) groups is 1. The van der Waals surface area contributed by atoms with Crippen LogP contribution in [0.4, 0.5) is 11.4 Å². The lowest BCUT2D eigenvalue weighted by Crippen LogP contribution is -2.45. The van der Waals surface area contributed by atoms with Gasteiger partial charge in [-0.3, -0.25) is 9.10 Å². The average molecular weight is 409 g/mol. The molecule has 0 fully saturated rings. The van der Waals surface area contributed by atoms with Crippen LogP contribution in [-0.4, -0.2) is 26.6 Å². The van der Waals surface area contributed by atoms with Crippen LogP contribution in [0.2, 0.25) is 0 Å². The third-order valence-corrected chi connectivity index (χ3v) is 5.89. The zero-order valence-corrected chi connectivity index (χ0v) is 17.5. The van der Waals surface area contributed by atoms with Gasteiger partial charge >= 0.3 is 0 Å². The second-order valence-electron chi connectivity index (χ2n) is 6.97. The molecular formula is C23H24N2O3S. The van der Waals surface area contributed by atoms with Gasteiger partial charge in [0.25, 0.3) is 0 Å². The number of hydrogen-bond donors (Lipinski definition) is 1. The predicted octanol–water partition coefficient (Wildman–Crippen LogP) is 4.46. The van der Waals surface area contributed by atoms with E-state index in [1.807, 2.05) is 73.7 Å². The summed E-state index contributed by atoms with van der Waals surface area (Å²) in [5.41, 5.74) is 3.94. The molecule has 0 saturated heterocycles. The van der Waals surface area contributed by atoms with E-state index in [9.17, 15) is 13.2 Å². The van der Waals surface area contributed by atoms with Crippen molar-refractivity contribution in [1.82, 2.24) is 0 Å². The van der Waals surface area contributed by atoms with E-state index in [1.165, 1.54) is 0 Å². The molecule has 29 heavy (non-hydrogen) atoms. The number of nitrogens with one attached hydrogen (secondary N) is 1. The summed E-state index contributed by atoms with van der Waals surface area (Å²) in [6.07, 6.45) is 1.11. The smallest absolute Gasteiger partial charge is 0.248 e. The molecule has 1 amide bonds. The van der Waals surface area contributed by atoms with E-state index in [0.717, 1.165) is 27.3 Å². The number of sulfonamides is 1. The molecule has 0 aliphatic rings. The Hall–Kier alpha value is -3.12. The first-order valence-corrected chi connectivity index (χ1v) is 11.1. The fourth-order valence-electron chi connectivity index (χ4n) is 3.20. The van der Waals surface area contributed by atoms with Crippen molar-refractivity contribution in [3.05, 3.63) is 84.4 Å². The first-order chi connectivity index (χ1) is 13.8. The van der Waals surface area contributed by atoms with E-state index >= 15 is 0 Å². The minimum absolute atomic E-state index is 0.403. The van der Waals surface area contributed by atoms with Crippen molar-refractivity contribution in [3.63, 3.8) is 0 Å². The lowest BCUT2D eigenvalue weighted by molar-refractivity contribution is -0.116. The Balaban J connectivity index is 1.91. The Morgan fingerprint density at radius 1 is 0.897 bits per heavy atom. The molecule has 5 nitrogen and oxygen atoms in total. The molecule has 1 atom stereocenters. The maximum Gasteiger partial charge on any atom is 0.248 e. The zero-order valence-electron chi connectivity index (χ0n) is 16.7. The first-order valence-electron chi connectivity index (χ1n) is 9.29. The Kier molecular flexibility index (Phi) is 6.03. The summed E-state index contributed by atoms with van der Waals surface area (Å²) in [5.74, 6) is -0.403. The summed E-state index contributed by atoms with van der Waals surface area (Å²) in [6, 6.07) is 23.3. The number of anilines is 2. The summed E-state index contributed by atoms with van der Waals surface area (Å²) < 4.78 is 26.0. The Bertz CT molecular complexity index is 1090. The molecule has 3 rings (SSSR count). The van der Waals surface area contributed by atoms with Gasteiger partial charge in [-0.25, -0.2) is 8.42 Å². The van der Waals surface area contributed by atoms with Gasteiger partial charge in [0.05, 0.1) is 11.9 Å². The third kappa shape index (κ3) is 4.84. The van der Waals surface area contributed by atoms with Crippen molar-refractivity contribution in [2.45, 2.75) is 19.9 Å². The van der Waals surface area contributed by atoms with Crippen LogP contribution < -0.4 is 9.62 Å². The number of hydrogen-bond acceptors (Lipinski definition) is 3. The fraction of sp³-hybridized carbons (Fsp3) is 0.174. The van der Waals surface area contributed by atoms with Gasteiger partial charge in [-0.15, -0.1) is 0 Å². The van der Waals surface area contributed by atoms with Gasteiger partial charge in [-0.2, -0.15) is 0 Å². The van der Waals surface area contributed by atoms with Crippen molar-refractivity contribution in [1.29, 1.82) is 0 Å². The second-order valence-corrected chi connectivity index (χ2v) is 8.83. The Labute approximate surface area is 172 Å². The Morgan fingerprint density at radius 3 is 2.10 bits per heavy atom. The summed E-state index contributed by atoms with van der Waals surface area (Å²) in [6.45, 7) is 3.51. The quantitative estimate of drug-likeness (QED) is 0.655. The molecule has 3 aromatic carbocycles. The molecule has 6 heteroatoms. The highest BCUT2D eigenvalue weighted by atomic mass is 32.2. The lowest BCUT2D eigenvalue weighted by Gasteiger charge is -2.28. The molecule has 150 valence electrons. The van der Waals surface area contributed by atoms with Gasteiger partial charge in [-0.05, 0) is 37.6 Å². The van der Waals surface area contributed by atoms with Gasteiger partial charge in [0.2, 0.25) is 15.9 Å². The predicted molar refractivity (Wildman–Crippen MR) is 118 cm³/mol. The first kappa shape index (κ1) is 20.6. The number of rotatable bonds is 6. The highest BCUT2D eigenvalue weighted by Gasteiger charge is 2.29. The lowest BCUT2D eigenvalue weighted by atomic mass is 10.0. The SMILES string of the molecule is Cc1ccc(N(C(C)C(=O)Nc2ccccc2-c2ccccc2)S(C)(=O)=O)cc1. The van der Waals surface area contributed by atoms with Crippen LogP contribution in [0.25, 0.3) is 11.1 Å². The van der Waals surface area contributed by atoms with Crippen molar-refractivity contribution < 1.29 is 13.2 Å². The second kappa shape index (κ2) is 8.49. The number of amides is 1. The average Bonchev–Trinajstić information content (AvgIpc) is 2.69. The van der Waals surface area contributed by atoms with Crippen LogP contribution in [0.1, 0.15) is 12.5 Å². The zero-order chi connectivity index (χ0) is 21.0. The van der Waals surface area contributed by atoms with Crippen LogP contribution in [0.5, 0.6) is 0 Å². The summed E-state index contributed by atoms with van der Waals surface area (Å²) >= 11 is 0. The molecular weight excluding hydrogens is 384 g/mol. The molecule has 1 unspecified atom stereocenters. The highest BCUT2D eigenvalue weighted by Crippen LogP contribution is 2.28. The van der Waals surface area contributed by atoms with E-state index in [-0.39, 0.29) is 0 Å². The number of aryl methyl sites for hydroxylation is 1. The van der Waals surface area contributed by atoms with Gasteiger partial charge in [-0.1, -0.05) is 66.2 Å². The maximum absolute atomic E-state index is 13.0. The molecule has 0 bridgehead atoms. The molecule has 0 saturated carbocycles.